The van der Waals surface area contributed by atoms with Crippen LogP contribution in [0.25, 0.3) is 5.69 Å². The summed E-state index contributed by atoms with van der Waals surface area (Å²) in [5.41, 5.74) is 2.93. The summed E-state index contributed by atoms with van der Waals surface area (Å²) < 4.78 is 14.9. The molecule has 0 saturated heterocycles. The van der Waals surface area contributed by atoms with Crippen molar-refractivity contribution in [1.29, 1.82) is 0 Å². The molecule has 0 saturated carbocycles. The summed E-state index contributed by atoms with van der Waals surface area (Å²) >= 11 is 6.75. The first-order valence-electron chi connectivity index (χ1n) is 9.68. The number of hydrogen-bond donors (Lipinski definition) is 1. The van der Waals surface area contributed by atoms with Crippen LogP contribution in [0.4, 0.5) is 10.1 Å². The van der Waals surface area contributed by atoms with Gasteiger partial charge >= 0.3 is 0 Å². The van der Waals surface area contributed by atoms with Crippen molar-refractivity contribution >= 4 is 29.1 Å². The van der Waals surface area contributed by atoms with Crippen molar-refractivity contribution in [3.63, 3.8) is 0 Å². The molecule has 9 heteroatoms. The van der Waals surface area contributed by atoms with Crippen LogP contribution in [-0.2, 0) is 4.79 Å². The molecule has 2 heterocycles. The highest BCUT2D eigenvalue weighted by Gasteiger charge is 2.40. The maximum atomic E-state index is 13.4. The molecular weight excluding hydrogens is 421 g/mol. The summed E-state index contributed by atoms with van der Waals surface area (Å²) in [5.74, 6) is -0.754. The summed E-state index contributed by atoms with van der Waals surface area (Å²) in [6, 6.07) is 13.0. The molecule has 1 aliphatic heterocycles. The highest BCUT2D eigenvalue weighted by atomic mass is 35.5. The molecule has 31 heavy (non-hydrogen) atoms. The quantitative estimate of drug-likeness (QED) is 0.674. The van der Waals surface area contributed by atoms with E-state index in [0.717, 1.165) is 0 Å². The lowest BCUT2D eigenvalue weighted by molar-refractivity contribution is -0.119. The fraction of sp³-hybridized carbons (Fsp3) is 0.227. The lowest BCUT2D eigenvalue weighted by Crippen LogP contribution is -2.50. The largest absolute Gasteiger partial charge is 0.358 e. The Morgan fingerprint density at radius 1 is 1.19 bits per heavy atom. The smallest absolute Gasteiger partial charge is 0.257 e. The fourth-order valence-electron chi connectivity index (χ4n) is 3.86. The Morgan fingerprint density at radius 2 is 1.87 bits per heavy atom. The maximum Gasteiger partial charge on any atom is 0.257 e. The number of amides is 2. The topological polar surface area (TPSA) is 70.5 Å². The van der Waals surface area contributed by atoms with E-state index in [-0.39, 0.29) is 29.3 Å². The van der Waals surface area contributed by atoms with Crippen molar-refractivity contribution in [3.8, 4) is 5.69 Å². The lowest BCUT2D eigenvalue weighted by atomic mass is 10.0. The number of benzene rings is 2. The summed E-state index contributed by atoms with van der Waals surface area (Å²) in [6.45, 7) is 1.81. The number of nitrogens with zero attached hydrogens (tertiary/aromatic N) is 4. The van der Waals surface area contributed by atoms with Crippen LogP contribution < -0.4 is 10.2 Å². The number of nitrogens with one attached hydrogen (secondary N) is 1. The van der Waals surface area contributed by atoms with E-state index in [2.05, 4.69) is 10.4 Å². The van der Waals surface area contributed by atoms with E-state index < -0.39 is 6.17 Å². The van der Waals surface area contributed by atoms with Crippen LogP contribution in [0.2, 0.25) is 5.15 Å². The lowest BCUT2D eigenvalue weighted by Gasteiger charge is -2.43. The summed E-state index contributed by atoms with van der Waals surface area (Å²) in [6.07, 6.45) is -0.651. The number of aryl methyl sites for hydroxylation is 1. The van der Waals surface area contributed by atoms with Crippen molar-refractivity contribution in [1.82, 2.24) is 20.0 Å². The molecular formula is C22H21ClFN5O2. The zero-order chi connectivity index (χ0) is 22.3. The minimum atomic E-state index is -0.651. The molecule has 1 atom stereocenters. The van der Waals surface area contributed by atoms with Gasteiger partial charge in [0.25, 0.3) is 5.91 Å². The summed E-state index contributed by atoms with van der Waals surface area (Å²) in [4.78, 5) is 28.8. The second kappa shape index (κ2) is 8.03. The number of rotatable bonds is 4. The van der Waals surface area contributed by atoms with Gasteiger partial charge in [0, 0.05) is 14.1 Å². The number of para-hydroxylation sites is 1. The van der Waals surface area contributed by atoms with Gasteiger partial charge in [-0.3, -0.25) is 9.59 Å². The monoisotopic (exact) mass is 441 g/mol. The predicted octanol–water partition coefficient (Wildman–Crippen LogP) is 3.31. The maximum absolute atomic E-state index is 13.4. The standard InChI is InChI=1S/C22H21ClFN5O2/c1-13-19(20(23)29(26-13)15-10-8-14(24)9-11-15)21-27(3)22(31)16-6-4-5-7-17(16)28(21)12-18(30)25-2/h4-11,21H,12H2,1-3H3,(H,25,30). The van der Waals surface area contributed by atoms with E-state index in [1.54, 1.807) is 50.2 Å². The summed E-state index contributed by atoms with van der Waals surface area (Å²) in [5, 5.41) is 7.45. The minimum absolute atomic E-state index is 0.0211. The van der Waals surface area contributed by atoms with Gasteiger partial charge in [-0.05, 0) is 43.3 Å². The van der Waals surface area contributed by atoms with Crippen LogP contribution in [0.1, 0.15) is 27.8 Å². The number of carbonyl (C=O) groups excluding carboxylic acids is 2. The van der Waals surface area contributed by atoms with Gasteiger partial charge in [0.05, 0.1) is 34.7 Å². The molecule has 1 N–H and O–H groups in total. The Kier molecular flexibility index (Phi) is 5.41. The van der Waals surface area contributed by atoms with Gasteiger partial charge in [0.1, 0.15) is 17.1 Å². The van der Waals surface area contributed by atoms with Gasteiger partial charge in [0.15, 0.2) is 0 Å². The molecule has 4 rings (SSSR count). The molecule has 1 unspecified atom stereocenters. The number of halogens is 2. The van der Waals surface area contributed by atoms with Crippen LogP contribution in [0, 0.1) is 12.7 Å². The molecule has 3 aromatic rings. The third-order valence-corrected chi connectivity index (χ3v) is 5.76. The number of fused-ring (bicyclic) bond motifs is 1. The minimum Gasteiger partial charge on any atom is -0.358 e. The average Bonchev–Trinajstić information content (AvgIpc) is 3.06. The van der Waals surface area contributed by atoms with E-state index in [4.69, 9.17) is 11.6 Å². The number of carbonyl (C=O) groups is 2. The van der Waals surface area contributed by atoms with Crippen LogP contribution in [0.15, 0.2) is 48.5 Å². The highest BCUT2D eigenvalue weighted by molar-refractivity contribution is 6.30. The second-order valence-electron chi connectivity index (χ2n) is 7.29. The van der Waals surface area contributed by atoms with Gasteiger partial charge in [-0.25, -0.2) is 9.07 Å². The van der Waals surface area contributed by atoms with Crippen LogP contribution in [0.5, 0.6) is 0 Å². The second-order valence-corrected chi connectivity index (χ2v) is 7.64. The number of hydrogen-bond acceptors (Lipinski definition) is 4. The molecule has 0 spiro atoms. The van der Waals surface area contributed by atoms with Gasteiger partial charge in [-0.15, -0.1) is 0 Å². The van der Waals surface area contributed by atoms with Gasteiger partial charge in [-0.1, -0.05) is 23.7 Å². The van der Waals surface area contributed by atoms with E-state index in [0.29, 0.717) is 28.2 Å². The van der Waals surface area contributed by atoms with Crippen molar-refractivity contribution in [2.24, 2.45) is 0 Å². The normalized spacial score (nSPS) is 15.8. The Morgan fingerprint density at radius 3 is 2.55 bits per heavy atom. The Hall–Kier alpha value is -3.39. The number of likely N-dealkylation sites (N-methyl/N-ethyl adjacent to an activating group) is 1. The van der Waals surface area contributed by atoms with Gasteiger partial charge in [-0.2, -0.15) is 5.10 Å². The first-order valence-corrected chi connectivity index (χ1v) is 10.1. The number of anilines is 1. The molecule has 160 valence electrons. The molecule has 7 nitrogen and oxygen atoms in total. The van der Waals surface area contributed by atoms with Gasteiger partial charge in [0.2, 0.25) is 5.91 Å². The van der Waals surface area contributed by atoms with Crippen LogP contribution >= 0.6 is 11.6 Å². The fourth-order valence-corrected chi connectivity index (χ4v) is 4.23. The van der Waals surface area contributed by atoms with Crippen molar-refractivity contribution in [2.75, 3.05) is 25.5 Å². The van der Waals surface area contributed by atoms with E-state index >= 15 is 0 Å². The summed E-state index contributed by atoms with van der Waals surface area (Å²) in [7, 11) is 3.23. The van der Waals surface area contributed by atoms with E-state index in [1.165, 1.54) is 16.8 Å². The molecule has 2 amide bonds. The van der Waals surface area contributed by atoms with Crippen LogP contribution in [-0.4, -0.2) is 47.1 Å². The first kappa shape index (κ1) is 20.9. The third-order valence-electron chi connectivity index (χ3n) is 5.40. The molecule has 0 bridgehead atoms. The molecule has 2 aromatic carbocycles. The third kappa shape index (κ3) is 3.53. The Bertz CT molecular complexity index is 1160. The van der Waals surface area contributed by atoms with Crippen molar-refractivity contribution in [2.45, 2.75) is 13.1 Å². The predicted molar refractivity (Wildman–Crippen MR) is 116 cm³/mol. The molecule has 0 fully saturated rings. The van der Waals surface area contributed by atoms with Crippen molar-refractivity contribution in [3.05, 3.63) is 76.3 Å². The zero-order valence-electron chi connectivity index (χ0n) is 17.3. The Labute approximate surface area is 184 Å². The van der Waals surface area contributed by atoms with Crippen molar-refractivity contribution < 1.29 is 14.0 Å². The first-order chi connectivity index (χ1) is 14.8. The molecule has 1 aliphatic rings. The highest BCUT2D eigenvalue weighted by Crippen LogP contribution is 2.41. The van der Waals surface area contributed by atoms with Gasteiger partial charge < -0.3 is 15.1 Å². The Balaban J connectivity index is 1.88. The van der Waals surface area contributed by atoms with E-state index in [1.807, 2.05) is 17.0 Å². The van der Waals surface area contributed by atoms with E-state index in [9.17, 15) is 14.0 Å². The van der Waals surface area contributed by atoms with Crippen LogP contribution in [0.3, 0.4) is 0 Å². The SMILES string of the molecule is CNC(=O)CN1c2ccccc2C(=O)N(C)C1c1c(C)nn(-c2ccc(F)cc2)c1Cl. The molecule has 0 radical (unpaired) electrons. The molecule has 1 aromatic heterocycles. The molecule has 0 aliphatic carbocycles. The zero-order valence-corrected chi connectivity index (χ0v) is 18.0. The number of aromatic nitrogens is 2. The average molecular weight is 442 g/mol.